The molecule has 0 aromatic heterocycles. The number of hydrogen-bond donors (Lipinski definition) is 1. The Hall–Kier alpha value is -1.93. The summed E-state index contributed by atoms with van der Waals surface area (Å²) in [6.07, 6.45) is 1.02. The van der Waals surface area contributed by atoms with Crippen molar-refractivity contribution in [1.82, 2.24) is 14.5 Å². The highest BCUT2D eigenvalue weighted by atomic mass is 35.5. The largest absolute Gasteiger partial charge is 0.354 e. The van der Waals surface area contributed by atoms with Gasteiger partial charge in [-0.3, -0.25) is 4.79 Å². The quantitative estimate of drug-likeness (QED) is 0.704. The van der Waals surface area contributed by atoms with Crippen molar-refractivity contribution in [2.75, 3.05) is 33.7 Å². The Morgan fingerprint density at radius 3 is 2.27 bits per heavy atom. The summed E-state index contributed by atoms with van der Waals surface area (Å²) in [6, 6.07) is 16.3. The number of likely N-dealkylation sites (N-methyl/N-ethyl adjacent to an activating group) is 1. The highest BCUT2D eigenvalue weighted by Gasteiger charge is 2.32. The second kappa shape index (κ2) is 9.92. The van der Waals surface area contributed by atoms with Crippen molar-refractivity contribution >= 4 is 27.5 Å². The van der Waals surface area contributed by atoms with Crippen LogP contribution in [0.2, 0.25) is 5.02 Å². The monoisotopic (exact) mass is 449 g/mol. The Labute approximate surface area is 183 Å². The normalized spacial score (nSPS) is 17.1. The van der Waals surface area contributed by atoms with Gasteiger partial charge in [-0.05, 0) is 56.8 Å². The molecule has 1 heterocycles. The number of carbonyl (C=O) groups is 1. The maximum Gasteiger partial charge on any atom is 0.243 e. The molecule has 2 aromatic carbocycles. The summed E-state index contributed by atoms with van der Waals surface area (Å²) in [6.45, 7) is 1.18. The third-order valence-corrected chi connectivity index (χ3v) is 7.72. The van der Waals surface area contributed by atoms with Crippen LogP contribution in [0.15, 0.2) is 59.5 Å². The first-order chi connectivity index (χ1) is 14.3. The van der Waals surface area contributed by atoms with Gasteiger partial charge in [-0.2, -0.15) is 4.31 Å². The molecular weight excluding hydrogens is 422 g/mol. The molecule has 8 heteroatoms. The van der Waals surface area contributed by atoms with Crippen molar-refractivity contribution in [3.8, 4) is 0 Å². The summed E-state index contributed by atoms with van der Waals surface area (Å²) in [5.74, 6) is -0.193. The number of nitrogens with one attached hydrogen (secondary N) is 1. The Kier molecular flexibility index (Phi) is 7.52. The summed E-state index contributed by atoms with van der Waals surface area (Å²) in [5, 5.41) is 3.56. The first-order valence-electron chi connectivity index (χ1n) is 10.0. The number of halogens is 1. The number of carbonyl (C=O) groups excluding carboxylic acids is 1. The van der Waals surface area contributed by atoms with Crippen LogP contribution in [0, 0.1) is 5.92 Å². The van der Waals surface area contributed by atoms with E-state index in [9.17, 15) is 13.2 Å². The molecular formula is C22H28ClN3O3S. The van der Waals surface area contributed by atoms with Crippen molar-refractivity contribution in [3.63, 3.8) is 0 Å². The Bertz CT molecular complexity index is 941. The number of piperidine rings is 1. The Morgan fingerprint density at radius 1 is 1.10 bits per heavy atom. The molecule has 1 atom stereocenters. The molecule has 1 aliphatic rings. The van der Waals surface area contributed by atoms with Gasteiger partial charge in [0.15, 0.2) is 0 Å². The van der Waals surface area contributed by atoms with E-state index in [1.165, 1.54) is 16.4 Å². The number of nitrogens with zero attached hydrogens (tertiary/aromatic N) is 2. The third-order valence-electron chi connectivity index (χ3n) is 5.55. The zero-order valence-electron chi connectivity index (χ0n) is 17.3. The maximum absolute atomic E-state index is 12.8. The SMILES string of the molecule is CN(C)[C@H](CNC(=O)C1CCN(S(=O)(=O)c2ccc(Cl)cc2)CC1)c1ccccc1. The predicted octanol–water partition coefficient (Wildman–Crippen LogP) is 3.16. The fourth-order valence-electron chi connectivity index (χ4n) is 3.73. The topological polar surface area (TPSA) is 69.7 Å². The van der Waals surface area contributed by atoms with Crippen LogP contribution in [0.1, 0.15) is 24.4 Å². The molecule has 0 saturated carbocycles. The van der Waals surface area contributed by atoms with Crippen molar-refractivity contribution in [2.24, 2.45) is 5.92 Å². The summed E-state index contributed by atoms with van der Waals surface area (Å²) in [7, 11) is 0.415. The van der Waals surface area contributed by atoms with Crippen molar-refractivity contribution in [2.45, 2.75) is 23.8 Å². The molecule has 0 unspecified atom stereocenters. The molecule has 2 aromatic rings. The number of sulfonamides is 1. The van der Waals surface area contributed by atoms with Crippen LogP contribution < -0.4 is 5.32 Å². The van der Waals surface area contributed by atoms with Crippen LogP contribution in [0.25, 0.3) is 0 Å². The van der Waals surface area contributed by atoms with E-state index in [-0.39, 0.29) is 22.8 Å². The van der Waals surface area contributed by atoms with Crippen LogP contribution in [-0.4, -0.2) is 57.3 Å². The van der Waals surface area contributed by atoms with Gasteiger partial charge in [0.05, 0.1) is 10.9 Å². The molecule has 0 spiro atoms. The van der Waals surface area contributed by atoms with E-state index >= 15 is 0 Å². The molecule has 1 fully saturated rings. The lowest BCUT2D eigenvalue weighted by molar-refractivity contribution is -0.126. The first-order valence-corrected chi connectivity index (χ1v) is 11.9. The van der Waals surface area contributed by atoms with E-state index in [4.69, 9.17) is 11.6 Å². The molecule has 162 valence electrons. The third kappa shape index (κ3) is 5.40. The molecule has 1 saturated heterocycles. The fourth-order valence-corrected chi connectivity index (χ4v) is 5.33. The minimum absolute atomic E-state index is 0.0127. The van der Waals surface area contributed by atoms with Crippen molar-refractivity contribution in [1.29, 1.82) is 0 Å². The van der Waals surface area contributed by atoms with Gasteiger partial charge in [0.1, 0.15) is 0 Å². The second-order valence-corrected chi connectivity index (χ2v) is 10.1. The number of amides is 1. The molecule has 1 amide bonds. The molecule has 0 radical (unpaired) electrons. The summed E-state index contributed by atoms with van der Waals surface area (Å²) >= 11 is 5.86. The van der Waals surface area contributed by atoms with E-state index in [0.717, 1.165) is 5.56 Å². The van der Waals surface area contributed by atoms with Crippen LogP contribution in [-0.2, 0) is 14.8 Å². The number of rotatable bonds is 7. The van der Waals surface area contributed by atoms with Gasteiger partial charge in [-0.15, -0.1) is 0 Å². The lowest BCUT2D eigenvalue weighted by Crippen LogP contribution is -2.44. The molecule has 0 bridgehead atoms. The molecule has 6 nitrogen and oxygen atoms in total. The van der Waals surface area contributed by atoms with E-state index < -0.39 is 10.0 Å². The van der Waals surface area contributed by atoms with Crippen LogP contribution in [0.4, 0.5) is 0 Å². The van der Waals surface area contributed by atoms with Crippen molar-refractivity contribution in [3.05, 3.63) is 65.2 Å². The molecule has 0 aliphatic carbocycles. The average Bonchev–Trinajstić information content (AvgIpc) is 2.74. The first kappa shape index (κ1) is 22.7. The number of benzene rings is 2. The van der Waals surface area contributed by atoms with E-state index in [0.29, 0.717) is 37.5 Å². The van der Waals surface area contributed by atoms with E-state index in [1.54, 1.807) is 12.1 Å². The zero-order valence-corrected chi connectivity index (χ0v) is 18.9. The second-order valence-electron chi connectivity index (χ2n) is 7.77. The van der Waals surface area contributed by atoms with Gasteiger partial charge in [0, 0.05) is 30.6 Å². The van der Waals surface area contributed by atoms with E-state index in [2.05, 4.69) is 22.3 Å². The standard InChI is InChI=1S/C22H28ClN3O3S/c1-25(2)21(17-6-4-3-5-7-17)16-24-22(27)18-12-14-26(15-13-18)30(28,29)20-10-8-19(23)9-11-20/h3-11,18,21H,12-16H2,1-2H3,(H,24,27)/t21-/m1/s1. The zero-order chi connectivity index (χ0) is 21.7. The highest BCUT2D eigenvalue weighted by molar-refractivity contribution is 7.89. The molecule has 30 heavy (non-hydrogen) atoms. The lowest BCUT2D eigenvalue weighted by atomic mass is 9.97. The highest BCUT2D eigenvalue weighted by Crippen LogP contribution is 2.25. The van der Waals surface area contributed by atoms with Gasteiger partial charge >= 0.3 is 0 Å². The smallest absolute Gasteiger partial charge is 0.243 e. The molecule has 1 aliphatic heterocycles. The summed E-state index contributed by atoms with van der Waals surface area (Å²) in [5.41, 5.74) is 1.15. The minimum Gasteiger partial charge on any atom is -0.354 e. The fraction of sp³-hybridized carbons (Fsp3) is 0.409. The Balaban J connectivity index is 1.55. The predicted molar refractivity (Wildman–Crippen MR) is 119 cm³/mol. The van der Waals surface area contributed by atoms with Crippen LogP contribution in [0.5, 0.6) is 0 Å². The van der Waals surface area contributed by atoms with Gasteiger partial charge in [-0.25, -0.2) is 8.42 Å². The van der Waals surface area contributed by atoms with Crippen molar-refractivity contribution < 1.29 is 13.2 Å². The summed E-state index contributed by atoms with van der Waals surface area (Å²) < 4.78 is 27.0. The lowest BCUT2D eigenvalue weighted by Gasteiger charge is -2.31. The van der Waals surface area contributed by atoms with E-state index in [1.807, 2.05) is 32.3 Å². The van der Waals surface area contributed by atoms with Gasteiger partial charge in [0.2, 0.25) is 15.9 Å². The average molecular weight is 450 g/mol. The summed E-state index contributed by atoms with van der Waals surface area (Å²) in [4.78, 5) is 15.0. The van der Waals surface area contributed by atoms with Crippen LogP contribution in [0.3, 0.4) is 0 Å². The molecule has 1 N–H and O–H groups in total. The maximum atomic E-state index is 12.8. The van der Waals surface area contributed by atoms with Gasteiger partial charge < -0.3 is 10.2 Å². The Morgan fingerprint density at radius 2 is 1.70 bits per heavy atom. The number of hydrogen-bond acceptors (Lipinski definition) is 4. The van der Waals surface area contributed by atoms with Gasteiger partial charge in [-0.1, -0.05) is 41.9 Å². The molecule has 3 rings (SSSR count). The van der Waals surface area contributed by atoms with Gasteiger partial charge in [0.25, 0.3) is 0 Å². The van der Waals surface area contributed by atoms with Crippen LogP contribution >= 0.6 is 11.6 Å². The minimum atomic E-state index is -3.56.